The van der Waals surface area contributed by atoms with Crippen LogP contribution in [0.4, 0.5) is 8.78 Å². The number of nitrogens with zero attached hydrogens (tertiary/aromatic N) is 1. The molecule has 1 N–H and O–H groups in total. The topological polar surface area (TPSA) is 20.7 Å². The second-order valence-corrected chi connectivity index (χ2v) is 5.11. The highest BCUT2D eigenvalue weighted by Crippen LogP contribution is 2.19. The lowest BCUT2D eigenvalue weighted by Gasteiger charge is -2.03. The summed E-state index contributed by atoms with van der Waals surface area (Å²) in [7, 11) is 0. The number of terminal acetylenes is 1. The van der Waals surface area contributed by atoms with E-state index in [0.29, 0.717) is 22.6 Å². The first-order valence-electron chi connectivity index (χ1n) is 5.22. The smallest absolute Gasteiger partial charge is 0.178 e. The Hall–Kier alpha value is -1.32. The predicted octanol–water partition coefficient (Wildman–Crippen LogP) is 3.34. The molecule has 0 unspecified atom stereocenters. The molecule has 94 valence electrons. The average Bonchev–Trinajstić information content (AvgIpc) is 2.62. The molecule has 0 aliphatic heterocycles. The monoisotopic (exact) mass is 284 g/mol. The third kappa shape index (κ3) is 2.57. The van der Waals surface area contributed by atoms with E-state index in [2.05, 4.69) is 10.9 Å². The Bertz CT molecular complexity index is 667. The highest BCUT2D eigenvalue weighted by Gasteiger charge is 2.10. The summed E-state index contributed by atoms with van der Waals surface area (Å²) in [4.78, 5) is 2.75. The Kier molecular flexibility index (Phi) is 4.04. The molecule has 0 atom stereocenters. The molecule has 6 heteroatoms. The first kappa shape index (κ1) is 13.1. The lowest BCUT2D eigenvalue weighted by molar-refractivity contribution is 0.590. The minimum atomic E-state index is -0.633. The zero-order valence-corrected chi connectivity index (χ0v) is 11.0. The van der Waals surface area contributed by atoms with Gasteiger partial charge in [0.2, 0.25) is 0 Å². The maximum atomic E-state index is 13.5. The molecule has 0 amide bonds. The average molecular weight is 284 g/mol. The van der Waals surface area contributed by atoms with E-state index in [4.69, 9.17) is 18.6 Å². The molecule has 2 nitrogen and oxygen atoms in total. The summed E-state index contributed by atoms with van der Waals surface area (Å²) < 4.78 is 28.8. The van der Waals surface area contributed by atoms with Crippen LogP contribution in [0.5, 0.6) is 0 Å². The largest absolute Gasteiger partial charge is 0.328 e. The maximum Gasteiger partial charge on any atom is 0.178 e. The van der Waals surface area contributed by atoms with Crippen LogP contribution in [0, 0.1) is 28.7 Å². The minimum absolute atomic E-state index is 0.239. The Balaban J connectivity index is 2.35. The molecule has 0 aliphatic rings. The van der Waals surface area contributed by atoms with E-state index >= 15 is 0 Å². The molecular weight excluding hydrogens is 274 g/mol. The van der Waals surface area contributed by atoms with Gasteiger partial charge < -0.3 is 9.55 Å². The van der Waals surface area contributed by atoms with Crippen LogP contribution in [0.2, 0.25) is 0 Å². The van der Waals surface area contributed by atoms with E-state index in [0.717, 1.165) is 11.8 Å². The molecule has 18 heavy (non-hydrogen) atoms. The van der Waals surface area contributed by atoms with E-state index < -0.39 is 11.6 Å². The second-order valence-electron chi connectivity index (χ2n) is 3.62. The summed E-state index contributed by atoms with van der Waals surface area (Å²) >= 11 is 6.68. The fourth-order valence-corrected chi connectivity index (χ4v) is 2.55. The lowest BCUT2D eigenvalue weighted by atomic mass is 10.3. The van der Waals surface area contributed by atoms with Crippen molar-refractivity contribution in [1.29, 1.82) is 0 Å². The first-order valence-corrected chi connectivity index (χ1v) is 6.78. The highest BCUT2D eigenvalue weighted by atomic mass is 32.2. The Morgan fingerprint density at radius 2 is 2.22 bits per heavy atom. The van der Waals surface area contributed by atoms with Crippen LogP contribution in [0.15, 0.2) is 12.1 Å². The standard InChI is InChI=1S/C12H10F2N2S2/c1-2-4-18-5-3-16-10-7-8(13)6-9(14)11(10)15-12(16)17/h1,6-7H,3-5H2,(H,15,17). The van der Waals surface area contributed by atoms with Gasteiger partial charge in [-0.2, -0.15) is 0 Å². The molecule has 0 aliphatic carbocycles. The van der Waals surface area contributed by atoms with Gasteiger partial charge >= 0.3 is 0 Å². The molecule has 0 radical (unpaired) electrons. The van der Waals surface area contributed by atoms with Crippen molar-refractivity contribution in [2.45, 2.75) is 6.54 Å². The van der Waals surface area contributed by atoms with Crippen LogP contribution in [0.1, 0.15) is 0 Å². The van der Waals surface area contributed by atoms with E-state index in [-0.39, 0.29) is 5.52 Å². The first-order chi connectivity index (χ1) is 8.63. The van der Waals surface area contributed by atoms with Gasteiger partial charge in [-0.25, -0.2) is 8.78 Å². The van der Waals surface area contributed by atoms with Gasteiger partial charge in [0.05, 0.1) is 11.3 Å². The van der Waals surface area contributed by atoms with Crippen molar-refractivity contribution in [1.82, 2.24) is 9.55 Å². The number of benzene rings is 1. The second kappa shape index (κ2) is 5.55. The van der Waals surface area contributed by atoms with Crippen LogP contribution in [0.3, 0.4) is 0 Å². The molecule has 1 heterocycles. The third-order valence-corrected chi connectivity index (χ3v) is 3.61. The van der Waals surface area contributed by atoms with Crippen molar-refractivity contribution in [2.24, 2.45) is 0 Å². The zero-order chi connectivity index (χ0) is 13.1. The van der Waals surface area contributed by atoms with Gasteiger partial charge in [-0.1, -0.05) is 5.92 Å². The van der Waals surface area contributed by atoms with Crippen LogP contribution in [-0.2, 0) is 6.54 Å². The third-order valence-electron chi connectivity index (χ3n) is 2.45. The number of aromatic nitrogens is 2. The van der Waals surface area contributed by atoms with E-state index in [9.17, 15) is 8.78 Å². The van der Waals surface area contributed by atoms with Gasteiger partial charge in [0.1, 0.15) is 11.3 Å². The van der Waals surface area contributed by atoms with E-state index in [1.807, 2.05) is 0 Å². The quantitative estimate of drug-likeness (QED) is 0.528. The highest BCUT2D eigenvalue weighted by molar-refractivity contribution is 7.99. The number of fused-ring (bicyclic) bond motifs is 1. The van der Waals surface area contributed by atoms with Gasteiger partial charge in [0, 0.05) is 18.4 Å². The van der Waals surface area contributed by atoms with Crippen LogP contribution < -0.4 is 0 Å². The van der Waals surface area contributed by atoms with Crippen molar-refractivity contribution in [2.75, 3.05) is 11.5 Å². The van der Waals surface area contributed by atoms with Gasteiger partial charge in [-0.3, -0.25) is 0 Å². The van der Waals surface area contributed by atoms with E-state index in [1.54, 1.807) is 16.3 Å². The van der Waals surface area contributed by atoms with Crippen molar-refractivity contribution in [3.63, 3.8) is 0 Å². The van der Waals surface area contributed by atoms with Gasteiger partial charge in [-0.05, 0) is 18.3 Å². The number of H-pyrrole nitrogens is 1. The summed E-state index contributed by atoms with van der Waals surface area (Å²) in [5, 5.41) is 0. The van der Waals surface area contributed by atoms with E-state index in [1.165, 1.54) is 6.07 Å². The molecule has 0 bridgehead atoms. The molecule has 2 aromatic rings. The Labute approximate surface area is 112 Å². The lowest BCUT2D eigenvalue weighted by Crippen LogP contribution is -2.01. The molecule has 0 saturated carbocycles. The van der Waals surface area contributed by atoms with Gasteiger partial charge in [0.25, 0.3) is 0 Å². The Morgan fingerprint density at radius 3 is 2.94 bits per heavy atom. The summed E-state index contributed by atoms with van der Waals surface area (Å²) in [6.07, 6.45) is 5.14. The number of aryl methyl sites for hydroxylation is 1. The zero-order valence-electron chi connectivity index (χ0n) is 9.37. The molecular formula is C12H10F2N2S2. The summed E-state index contributed by atoms with van der Waals surface area (Å²) in [5.74, 6) is 2.62. The molecule has 2 rings (SSSR count). The molecule has 1 aromatic carbocycles. The fraction of sp³-hybridized carbons (Fsp3) is 0.250. The summed E-state index contributed by atoms with van der Waals surface area (Å²) in [6.45, 7) is 0.564. The molecule has 0 spiro atoms. The van der Waals surface area contributed by atoms with Crippen molar-refractivity contribution in [3.05, 3.63) is 28.5 Å². The number of halogens is 2. The number of imidazole rings is 1. The number of rotatable bonds is 4. The van der Waals surface area contributed by atoms with Crippen LogP contribution in [-0.4, -0.2) is 21.1 Å². The van der Waals surface area contributed by atoms with Gasteiger partial charge in [-0.15, -0.1) is 18.2 Å². The molecule has 1 aromatic heterocycles. The summed E-state index contributed by atoms with van der Waals surface area (Å²) in [6, 6.07) is 2.11. The summed E-state index contributed by atoms with van der Waals surface area (Å²) in [5.41, 5.74) is 0.683. The van der Waals surface area contributed by atoms with Crippen molar-refractivity contribution in [3.8, 4) is 12.3 Å². The minimum Gasteiger partial charge on any atom is -0.328 e. The molecule has 0 saturated heterocycles. The number of thioether (sulfide) groups is 1. The number of hydrogen-bond acceptors (Lipinski definition) is 2. The SMILES string of the molecule is C#CCSCCn1c(=S)[nH]c2c(F)cc(F)cc21. The Morgan fingerprint density at radius 1 is 1.44 bits per heavy atom. The fourth-order valence-electron chi connectivity index (χ4n) is 1.69. The maximum absolute atomic E-state index is 13.5. The van der Waals surface area contributed by atoms with Crippen LogP contribution >= 0.6 is 24.0 Å². The normalized spacial score (nSPS) is 10.7. The van der Waals surface area contributed by atoms with Crippen LogP contribution in [0.25, 0.3) is 11.0 Å². The number of hydrogen-bond donors (Lipinski definition) is 1. The number of nitrogens with one attached hydrogen (secondary N) is 1. The molecule has 0 fully saturated rings. The van der Waals surface area contributed by atoms with Gasteiger partial charge in [0.15, 0.2) is 10.6 Å². The van der Waals surface area contributed by atoms with Crippen molar-refractivity contribution < 1.29 is 8.78 Å². The van der Waals surface area contributed by atoms with Crippen molar-refractivity contribution >= 4 is 35.0 Å². The predicted molar refractivity (Wildman–Crippen MR) is 73.2 cm³/mol. The number of aromatic amines is 1.